The molecule has 1 unspecified atom stereocenters. The summed E-state index contributed by atoms with van der Waals surface area (Å²) in [5.41, 5.74) is 7.50. The number of benzene rings is 1. The summed E-state index contributed by atoms with van der Waals surface area (Å²) < 4.78 is 0. The summed E-state index contributed by atoms with van der Waals surface area (Å²) in [6.45, 7) is 0.703. The Morgan fingerprint density at radius 3 is 2.57 bits per heavy atom. The molecule has 2 rings (SSSR count). The lowest BCUT2D eigenvalue weighted by atomic mass is 9.96. The van der Waals surface area contributed by atoms with Crippen molar-refractivity contribution in [1.29, 1.82) is 0 Å². The molecule has 7 heteroatoms. The summed E-state index contributed by atoms with van der Waals surface area (Å²) in [6, 6.07) is 3.75. The molecule has 112 valence electrons. The second-order valence-corrected chi connectivity index (χ2v) is 5.00. The predicted molar refractivity (Wildman–Crippen MR) is 72.8 cm³/mol. The van der Waals surface area contributed by atoms with Crippen molar-refractivity contribution in [3.63, 3.8) is 0 Å². The van der Waals surface area contributed by atoms with Crippen LogP contribution in [0.4, 0.5) is 0 Å². The number of nitrogens with zero attached hydrogens (tertiary/aromatic N) is 1. The molecule has 0 saturated heterocycles. The highest BCUT2D eigenvalue weighted by Crippen LogP contribution is 2.21. The Labute approximate surface area is 121 Å². The Balaban J connectivity index is 2.14. The molecule has 0 saturated carbocycles. The Hall–Kier alpha value is -2.41. The molecule has 1 aliphatic rings. The number of aromatic carboxylic acids is 1. The minimum atomic E-state index is -1.12. The van der Waals surface area contributed by atoms with Gasteiger partial charge in [0.05, 0.1) is 18.0 Å². The van der Waals surface area contributed by atoms with Crippen LogP contribution in [0, 0.1) is 0 Å². The van der Waals surface area contributed by atoms with E-state index in [9.17, 15) is 14.4 Å². The fraction of sp³-hybridized carbons (Fsp3) is 0.357. The van der Waals surface area contributed by atoms with Gasteiger partial charge in [0.2, 0.25) is 5.91 Å². The Bertz CT molecular complexity index is 599. The highest BCUT2D eigenvalue weighted by Gasteiger charge is 2.26. The number of rotatable bonds is 4. The molecule has 0 spiro atoms. The molecule has 4 N–H and O–H groups in total. The summed E-state index contributed by atoms with van der Waals surface area (Å²) in [7, 11) is 0. The second kappa shape index (κ2) is 5.92. The number of carbonyl (C=O) groups excluding carboxylic acids is 1. The predicted octanol–water partition coefficient (Wildman–Crippen LogP) is 0.0715. The molecule has 0 fully saturated rings. The van der Waals surface area contributed by atoms with Gasteiger partial charge in [-0.3, -0.25) is 9.59 Å². The van der Waals surface area contributed by atoms with E-state index in [2.05, 4.69) is 0 Å². The fourth-order valence-electron chi connectivity index (χ4n) is 2.39. The first-order chi connectivity index (χ1) is 9.88. The smallest absolute Gasteiger partial charge is 0.335 e. The largest absolute Gasteiger partial charge is 0.481 e. The number of carbonyl (C=O) groups is 3. The number of carboxylic acid groups (broad SMARTS) is 2. The summed E-state index contributed by atoms with van der Waals surface area (Å²) in [5, 5.41) is 17.7. The molecule has 1 aliphatic heterocycles. The standard InChI is InChI=1S/C14H16N2O5/c15-11(6-12(17)18)13(19)16-4-3-8-1-2-9(14(20)21)5-10(8)7-16/h1-2,5,11H,3-4,6-7,15H2,(H,17,18)(H,20,21). The van der Waals surface area contributed by atoms with E-state index in [4.69, 9.17) is 15.9 Å². The maximum atomic E-state index is 12.1. The molecule has 0 aliphatic carbocycles. The van der Waals surface area contributed by atoms with Gasteiger partial charge in [-0.1, -0.05) is 6.07 Å². The molecule has 0 aromatic heterocycles. The molecular weight excluding hydrogens is 276 g/mol. The van der Waals surface area contributed by atoms with Gasteiger partial charge in [0, 0.05) is 13.1 Å². The molecule has 1 atom stereocenters. The van der Waals surface area contributed by atoms with Crippen LogP contribution in [-0.2, 0) is 22.6 Å². The minimum Gasteiger partial charge on any atom is -0.481 e. The molecule has 21 heavy (non-hydrogen) atoms. The Morgan fingerprint density at radius 2 is 1.95 bits per heavy atom. The van der Waals surface area contributed by atoms with Crippen molar-refractivity contribution < 1.29 is 24.6 Å². The number of carboxylic acids is 2. The molecule has 1 aromatic rings. The summed E-state index contributed by atoms with van der Waals surface area (Å²) in [6.07, 6.45) is 0.179. The maximum Gasteiger partial charge on any atom is 0.335 e. The molecular formula is C14H16N2O5. The normalized spacial score (nSPS) is 15.2. The van der Waals surface area contributed by atoms with Gasteiger partial charge >= 0.3 is 11.9 Å². The van der Waals surface area contributed by atoms with Gasteiger partial charge in [0.1, 0.15) is 0 Å². The van der Waals surface area contributed by atoms with Crippen molar-refractivity contribution >= 4 is 17.8 Å². The average molecular weight is 292 g/mol. The lowest BCUT2D eigenvalue weighted by molar-refractivity contribution is -0.142. The lowest BCUT2D eigenvalue weighted by Gasteiger charge is -2.30. The third-order valence-corrected chi connectivity index (χ3v) is 3.49. The van der Waals surface area contributed by atoms with Crippen LogP contribution >= 0.6 is 0 Å². The lowest BCUT2D eigenvalue weighted by Crippen LogP contribution is -2.46. The van der Waals surface area contributed by atoms with Crippen molar-refractivity contribution in [2.24, 2.45) is 5.73 Å². The van der Waals surface area contributed by atoms with Crippen molar-refractivity contribution in [3.05, 3.63) is 34.9 Å². The minimum absolute atomic E-state index is 0.165. The number of aliphatic carboxylic acids is 1. The summed E-state index contributed by atoms with van der Waals surface area (Å²) >= 11 is 0. The fourth-order valence-corrected chi connectivity index (χ4v) is 2.39. The van der Waals surface area contributed by atoms with E-state index in [0.29, 0.717) is 13.0 Å². The van der Waals surface area contributed by atoms with E-state index in [0.717, 1.165) is 11.1 Å². The van der Waals surface area contributed by atoms with Crippen LogP contribution in [0.5, 0.6) is 0 Å². The quantitative estimate of drug-likeness (QED) is 0.722. The van der Waals surface area contributed by atoms with E-state index in [1.54, 1.807) is 12.1 Å². The van der Waals surface area contributed by atoms with E-state index < -0.39 is 30.3 Å². The molecule has 0 bridgehead atoms. The zero-order chi connectivity index (χ0) is 15.6. The molecule has 0 radical (unpaired) electrons. The van der Waals surface area contributed by atoms with E-state index >= 15 is 0 Å². The number of amides is 1. The van der Waals surface area contributed by atoms with E-state index in [1.165, 1.54) is 11.0 Å². The van der Waals surface area contributed by atoms with E-state index in [-0.39, 0.29) is 12.1 Å². The monoisotopic (exact) mass is 292 g/mol. The number of hydrogen-bond acceptors (Lipinski definition) is 4. The van der Waals surface area contributed by atoms with Gasteiger partial charge in [-0.25, -0.2) is 4.79 Å². The zero-order valence-electron chi connectivity index (χ0n) is 11.3. The maximum absolute atomic E-state index is 12.1. The first-order valence-electron chi connectivity index (χ1n) is 6.49. The second-order valence-electron chi connectivity index (χ2n) is 5.00. The van der Waals surface area contributed by atoms with Crippen molar-refractivity contribution in [2.45, 2.75) is 25.4 Å². The first-order valence-corrected chi connectivity index (χ1v) is 6.49. The number of nitrogens with two attached hydrogens (primary N) is 1. The Kier molecular flexibility index (Phi) is 4.23. The third kappa shape index (κ3) is 3.38. The number of hydrogen-bond donors (Lipinski definition) is 3. The van der Waals surface area contributed by atoms with Crippen LogP contribution in [0.15, 0.2) is 18.2 Å². The van der Waals surface area contributed by atoms with Crippen LogP contribution in [0.25, 0.3) is 0 Å². The van der Waals surface area contributed by atoms with Crippen molar-refractivity contribution in [1.82, 2.24) is 4.90 Å². The Morgan fingerprint density at radius 1 is 1.24 bits per heavy atom. The first kappa shape index (κ1) is 15.0. The molecule has 7 nitrogen and oxygen atoms in total. The van der Waals surface area contributed by atoms with Crippen LogP contribution in [0.1, 0.15) is 27.9 Å². The van der Waals surface area contributed by atoms with Gasteiger partial charge < -0.3 is 20.8 Å². The summed E-state index contributed by atoms with van der Waals surface area (Å²) in [5.74, 6) is -2.57. The highest BCUT2D eigenvalue weighted by atomic mass is 16.4. The van der Waals surface area contributed by atoms with Gasteiger partial charge in [0.15, 0.2) is 0 Å². The average Bonchev–Trinajstić information content (AvgIpc) is 2.44. The van der Waals surface area contributed by atoms with Crippen LogP contribution in [0.2, 0.25) is 0 Å². The van der Waals surface area contributed by atoms with Crippen molar-refractivity contribution in [3.8, 4) is 0 Å². The SMILES string of the molecule is NC(CC(=O)O)C(=O)N1CCc2ccc(C(=O)O)cc2C1. The third-order valence-electron chi connectivity index (χ3n) is 3.49. The zero-order valence-corrected chi connectivity index (χ0v) is 11.3. The summed E-state index contributed by atoms with van der Waals surface area (Å²) in [4.78, 5) is 35.1. The van der Waals surface area contributed by atoms with Gasteiger partial charge in [-0.2, -0.15) is 0 Å². The highest BCUT2D eigenvalue weighted by molar-refractivity contribution is 5.88. The topological polar surface area (TPSA) is 121 Å². The molecule has 1 heterocycles. The van der Waals surface area contributed by atoms with Crippen LogP contribution in [0.3, 0.4) is 0 Å². The van der Waals surface area contributed by atoms with E-state index in [1.807, 2.05) is 0 Å². The van der Waals surface area contributed by atoms with Gasteiger partial charge in [-0.15, -0.1) is 0 Å². The number of fused-ring (bicyclic) bond motifs is 1. The van der Waals surface area contributed by atoms with Gasteiger partial charge in [-0.05, 0) is 29.7 Å². The van der Waals surface area contributed by atoms with Crippen LogP contribution < -0.4 is 5.73 Å². The van der Waals surface area contributed by atoms with Crippen LogP contribution in [-0.4, -0.2) is 45.5 Å². The van der Waals surface area contributed by atoms with Crippen molar-refractivity contribution in [2.75, 3.05) is 6.54 Å². The molecule has 1 amide bonds. The molecule has 1 aromatic carbocycles. The van der Waals surface area contributed by atoms with Gasteiger partial charge in [0.25, 0.3) is 0 Å².